The van der Waals surface area contributed by atoms with Crippen molar-refractivity contribution < 1.29 is 4.79 Å². The van der Waals surface area contributed by atoms with Gasteiger partial charge in [0.15, 0.2) is 0 Å². The molecule has 4 heteroatoms. The predicted octanol–water partition coefficient (Wildman–Crippen LogP) is 3.04. The van der Waals surface area contributed by atoms with E-state index >= 15 is 0 Å². The standard InChI is InChI=1S/C16H15IN2O/c17-14-7-5-12(6-8-14)16(20)19-10-9-18-11-13-3-1-2-4-15(13)19/h1-8,18H,9-11H2. The van der Waals surface area contributed by atoms with Crippen LogP contribution in [-0.4, -0.2) is 19.0 Å². The summed E-state index contributed by atoms with van der Waals surface area (Å²) in [6.07, 6.45) is 0. The van der Waals surface area contributed by atoms with Crippen molar-refractivity contribution in [2.75, 3.05) is 18.0 Å². The van der Waals surface area contributed by atoms with Crippen LogP contribution >= 0.6 is 22.6 Å². The first-order valence-electron chi connectivity index (χ1n) is 6.62. The minimum atomic E-state index is 0.0672. The maximum absolute atomic E-state index is 12.7. The molecule has 0 unspecified atom stereocenters. The third-order valence-electron chi connectivity index (χ3n) is 3.45. The van der Waals surface area contributed by atoms with Gasteiger partial charge in [-0.15, -0.1) is 0 Å². The largest absolute Gasteiger partial charge is 0.311 e. The zero-order chi connectivity index (χ0) is 13.9. The van der Waals surface area contributed by atoms with E-state index in [1.54, 1.807) is 0 Å². The number of hydrogen-bond donors (Lipinski definition) is 1. The number of fused-ring (bicyclic) bond motifs is 1. The summed E-state index contributed by atoms with van der Waals surface area (Å²) in [5.74, 6) is 0.0672. The highest BCUT2D eigenvalue weighted by Gasteiger charge is 2.21. The van der Waals surface area contributed by atoms with E-state index in [0.717, 1.165) is 27.9 Å². The van der Waals surface area contributed by atoms with E-state index < -0.39 is 0 Å². The number of nitrogens with zero attached hydrogens (tertiary/aromatic N) is 1. The first-order valence-corrected chi connectivity index (χ1v) is 7.69. The molecule has 20 heavy (non-hydrogen) atoms. The molecule has 1 heterocycles. The molecule has 0 atom stereocenters. The maximum Gasteiger partial charge on any atom is 0.258 e. The Morgan fingerprint density at radius 2 is 1.85 bits per heavy atom. The second-order valence-corrected chi connectivity index (χ2v) is 6.01. The van der Waals surface area contributed by atoms with Crippen molar-refractivity contribution in [2.24, 2.45) is 0 Å². The highest BCUT2D eigenvalue weighted by atomic mass is 127. The summed E-state index contributed by atoms with van der Waals surface area (Å²) in [7, 11) is 0. The topological polar surface area (TPSA) is 32.3 Å². The molecule has 0 bridgehead atoms. The number of hydrogen-bond acceptors (Lipinski definition) is 2. The average Bonchev–Trinajstić information content (AvgIpc) is 2.69. The van der Waals surface area contributed by atoms with Gasteiger partial charge >= 0.3 is 0 Å². The first-order chi connectivity index (χ1) is 9.75. The van der Waals surface area contributed by atoms with Gasteiger partial charge in [-0.25, -0.2) is 0 Å². The molecule has 102 valence electrons. The van der Waals surface area contributed by atoms with Gasteiger partial charge < -0.3 is 10.2 Å². The van der Waals surface area contributed by atoms with E-state index in [9.17, 15) is 4.79 Å². The summed E-state index contributed by atoms with van der Waals surface area (Å²) >= 11 is 2.25. The van der Waals surface area contributed by atoms with Gasteiger partial charge in [0.25, 0.3) is 5.91 Å². The molecule has 0 radical (unpaired) electrons. The number of amides is 1. The van der Waals surface area contributed by atoms with Crippen molar-refractivity contribution in [2.45, 2.75) is 6.54 Å². The predicted molar refractivity (Wildman–Crippen MR) is 89.0 cm³/mol. The van der Waals surface area contributed by atoms with E-state index in [0.29, 0.717) is 6.54 Å². The fourth-order valence-corrected chi connectivity index (χ4v) is 2.78. The number of carbonyl (C=O) groups is 1. The number of carbonyl (C=O) groups excluding carboxylic acids is 1. The summed E-state index contributed by atoms with van der Waals surface area (Å²) in [5, 5.41) is 3.35. The van der Waals surface area contributed by atoms with Gasteiger partial charge in [0.05, 0.1) is 0 Å². The molecule has 1 aliphatic rings. The third-order valence-corrected chi connectivity index (χ3v) is 4.17. The maximum atomic E-state index is 12.7. The van der Waals surface area contributed by atoms with Crippen LogP contribution in [0.2, 0.25) is 0 Å². The Kier molecular flexibility index (Phi) is 4.03. The van der Waals surface area contributed by atoms with Gasteiger partial charge in [-0.2, -0.15) is 0 Å². The van der Waals surface area contributed by atoms with E-state index in [1.165, 1.54) is 5.56 Å². The Bertz CT molecular complexity index is 625. The van der Waals surface area contributed by atoms with Gasteiger partial charge in [-0.3, -0.25) is 4.79 Å². The SMILES string of the molecule is O=C(c1ccc(I)cc1)N1CCNCc2ccccc21. The van der Waals surface area contributed by atoms with Crippen LogP contribution in [0.4, 0.5) is 5.69 Å². The van der Waals surface area contributed by atoms with E-state index in [1.807, 2.05) is 47.4 Å². The second kappa shape index (κ2) is 5.93. The van der Waals surface area contributed by atoms with Gasteiger partial charge in [-0.05, 0) is 58.5 Å². The smallest absolute Gasteiger partial charge is 0.258 e. The molecular formula is C16H15IN2O. The van der Waals surface area contributed by atoms with Gasteiger partial charge in [0.1, 0.15) is 0 Å². The van der Waals surface area contributed by atoms with Crippen LogP contribution in [0.3, 0.4) is 0 Å². The Morgan fingerprint density at radius 3 is 2.65 bits per heavy atom. The van der Waals surface area contributed by atoms with Crippen molar-refractivity contribution in [1.29, 1.82) is 0 Å². The minimum absolute atomic E-state index is 0.0672. The fourth-order valence-electron chi connectivity index (χ4n) is 2.42. The summed E-state index contributed by atoms with van der Waals surface area (Å²) in [4.78, 5) is 14.6. The van der Waals surface area contributed by atoms with Crippen molar-refractivity contribution >= 4 is 34.2 Å². The summed E-state index contributed by atoms with van der Waals surface area (Å²) in [5.41, 5.74) is 2.92. The van der Waals surface area contributed by atoms with Crippen LogP contribution in [0.5, 0.6) is 0 Å². The average molecular weight is 378 g/mol. The van der Waals surface area contributed by atoms with Crippen LogP contribution in [0, 0.1) is 3.57 Å². The van der Waals surface area contributed by atoms with Crippen molar-refractivity contribution in [3.63, 3.8) is 0 Å². The Balaban J connectivity index is 1.97. The monoisotopic (exact) mass is 378 g/mol. The zero-order valence-electron chi connectivity index (χ0n) is 11.0. The van der Waals surface area contributed by atoms with Crippen LogP contribution < -0.4 is 10.2 Å². The molecule has 0 aliphatic carbocycles. The molecule has 0 fully saturated rings. The number of anilines is 1. The van der Waals surface area contributed by atoms with Gasteiger partial charge in [0, 0.05) is 34.5 Å². The van der Waals surface area contributed by atoms with E-state index in [-0.39, 0.29) is 5.91 Å². The van der Waals surface area contributed by atoms with Crippen LogP contribution in [0.25, 0.3) is 0 Å². The molecule has 1 aliphatic heterocycles. The van der Waals surface area contributed by atoms with Crippen molar-refractivity contribution in [3.8, 4) is 0 Å². The van der Waals surface area contributed by atoms with Crippen LogP contribution in [0.1, 0.15) is 15.9 Å². The molecular weight excluding hydrogens is 363 g/mol. The zero-order valence-corrected chi connectivity index (χ0v) is 13.1. The Hall–Kier alpha value is -1.40. The third kappa shape index (κ3) is 2.71. The lowest BCUT2D eigenvalue weighted by molar-refractivity contribution is 0.0987. The molecule has 2 aromatic rings. The van der Waals surface area contributed by atoms with Crippen LogP contribution in [0.15, 0.2) is 48.5 Å². The number of para-hydroxylation sites is 1. The lowest BCUT2D eigenvalue weighted by Crippen LogP contribution is -2.34. The number of halogens is 1. The number of rotatable bonds is 1. The van der Waals surface area contributed by atoms with E-state index in [2.05, 4.69) is 34.0 Å². The molecule has 0 aromatic heterocycles. The highest BCUT2D eigenvalue weighted by Crippen LogP contribution is 2.24. The molecule has 1 N–H and O–H groups in total. The quantitative estimate of drug-likeness (QED) is 0.774. The van der Waals surface area contributed by atoms with Crippen molar-refractivity contribution in [1.82, 2.24) is 5.32 Å². The lowest BCUT2D eigenvalue weighted by atomic mass is 10.1. The van der Waals surface area contributed by atoms with Gasteiger partial charge in [0.2, 0.25) is 0 Å². The summed E-state index contributed by atoms with van der Waals surface area (Å²) in [6, 6.07) is 15.8. The lowest BCUT2D eigenvalue weighted by Gasteiger charge is -2.22. The number of nitrogens with one attached hydrogen (secondary N) is 1. The first kappa shape index (κ1) is 13.6. The van der Waals surface area contributed by atoms with E-state index in [4.69, 9.17) is 0 Å². The summed E-state index contributed by atoms with van der Waals surface area (Å²) < 4.78 is 1.14. The summed E-state index contributed by atoms with van der Waals surface area (Å²) in [6.45, 7) is 2.32. The Morgan fingerprint density at radius 1 is 1.10 bits per heavy atom. The fraction of sp³-hybridized carbons (Fsp3) is 0.188. The molecule has 3 rings (SSSR count). The molecule has 0 spiro atoms. The highest BCUT2D eigenvalue weighted by molar-refractivity contribution is 14.1. The minimum Gasteiger partial charge on any atom is -0.311 e. The molecule has 2 aromatic carbocycles. The normalized spacial score (nSPS) is 14.6. The molecule has 1 amide bonds. The molecule has 0 saturated carbocycles. The van der Waals surface area contributed by atoms with Crippen LogP contribution in [-0.2, 0) is 6.54 Å². The second-order valence-electron chi connectivity index (χ2n) is 4.77. The van der Waals surface area contributed by atoms with Gasteiger partial charge in [-0.1, -0.05) is 18.2 Å². The number of benzene rings is 2. The molecule has 0 saturated heterocycles. The van der Waals surface area contributed by atoms with Crippen molar-refractivity contribution in [3.05, 3.63) is 63.2 Å². The molecule has 3 nitrogen and oxygen atoms in total. The Labute approximate surface area is 132 Å².